The molecule has 158 valence electrons. The van der Waals surface area contributed by atoms with Crippen molar-refractivity contribution in [3.8, 4) is 5.75 Å². The molecule has 3 aromatic carbocycles. The maximum atomic E-state index is 13.5. The van der Waals surface area contributed by atoms with E-state index in [9.17, 15) is 9.59 Å². The normalized spacial score (nSPS) is 17.6. The van der Waals surface area contributed by atoms with Crippen molar-refractivity contribution in [2.45, 2.75) is 32.4 Å². The molecule has 2 amide bonds. The minimum Gasteiger partial charge on any atom is -0.497 e. The lowest BCUT2D eigenvalue weighted by Crippen LogP contribution is -2.47. The summed E-state index contributed by atoms with van der Waals surface area (Å²) in [5.41, 5.74) is 3.23. The topological polar surface area (TPSA) is 49.9 Å². The second-order valence-electron chi connectivity index (χ2n) is 7.79. The average molecular weight is 415 g/mol. The standard InChI is InChI=1S/C26H26N2O3/c1-18-16-25(28(19(2)29)21-11-5-4-6-12-21)23-14-7-8-15-24(23)27(18)26(30)20-10-9-13-22(17-20)31-3/h4-15,17-18,25H,16H2,1-3H3/t18-,25-/m0/s1. The molecule has 0 spiro atoms. The molecule has 0 N–H and O–H groups in total. The number of ether oxygens (including phenoxy) is 1. The van der Waals surface area contributed by atoms with Crippen LogP contribution in [0.2, 0.25) is 0 Å². The molecule has 5 heteroatoms. The van der Waals surface area contributed by atoms with Crippen LogP contribution in [0.15, 0.2) is 78.9 Å². The summed E-state index contributed by atoms with van der Waals surface area (Å²) in [4.78, 5) is 29.9. The molecule has 1 aliphatic heterocycles. The van der Waals surface area contributed by atoms with E-state index in [-0.39, 0.29) is 23.9 Å². The highest BCUT2D eigenvalue weighted by atomic mass is 16.5. The molecule has 4 rings (SSSR count). The Hall–Kier alpha value is -3.60. The second kappa shape index (κ2) is 8.64. The monoisotopic (exact) mass is 414 g/mol. The maximum Gasteiger partial charge on any atom is 0.258 e. The van der Waals surface area contributed by atoms with Crippen LogP contribution in [0.4, 0.5) is 11.4 Å². The molecule has 5 nitrogen and oxygen atoms in total. The van der Waals surface area contributed by atoms with Crippen LogP contribution in [0.1, 0.15) is 42.2 Å². The highest BCUT2D eigenvalue weighted by Crippen LogP contribution is 2.42. The summed E-state index contributed by atoms with van der Waals surface area (Å²) < 4.78 is 5.30. The van der Waals surface area contributed by atoms with Gasteiger partial charge in [-0.05, 0) is 55.3 Å². The van der Waals surface area contributed by atoms with E-state index in [4.69, 9.17) is 4.74 Å². The number of fused-ring (bicyclic) bond motifs is 1. The van der Waals surface area contributed by atoms with E-state index >= 15 is 0 Å². The molecule has 0 bridgehead atoms. The largest absolute Gasteiger partial charge is 0.497 e. The van der Waals surface area contributed by atoms with E-state index < -0.39 is 0 Å². The van der Waals surface area contributed by atoms with Gasteiger partial charge in [-0.25, -0.2) is 0 Å². The van der Waals surface area contributed by atoms with Crippen LogP contribution in [0.5, 0.6) is 5.75 Å². The van der Waals surface area contributed by atoms with E-state index in [1.165, 1.54) is 0 Å². The Bertz CT molecular complexity index is 1100. The molecule has 0 aromatic heterocycles. The van der Waals surface area contributed by atoms with Gasteiger partial charge in [-0.3, -0.25) is 9.59 Å². The van der Waals surface area contributed by atoms with E-state index in [0.717, 1.165) is 16.9 Å². The highest BCUT2D eigenvalue weighted by Gasteiger charge is 2.38. The predicted octanol–water partition coefficient (Wildman–Crippen LogP) is 5.23. The lowest BCUT2D eigenvalue weighted by Gasteiger charge is -2.43. The molecule has 0 saturated carbocycles. The first kappa shape index (κ1) is 20.7. The summed E-state index contributed by atoms with van der Waals surface area (Å²) in [5.74, 6) is 0.547. The summed E-state index contributed by atoms with van der Waals surface area (Å²) in [6.45, 7) is 3.62. The van der Waals surface area contributed by atoms with Crippen molar-refractivity contribution in [2.75, 3.05) is 16.9 Å². The Labute approximate surface area is 182 Å². The quantitative estimate of drug-likeness (QED) is 0.587. The Kier molecular flexibility index (Phi) is 5.76. The van der Waals surface area contributed by atoms with Crippen LogP contribution in [-0.2, 0) is 4.79 Å². The van der Waals surface area contributed by atoms with Crippen LogP contribution in [0.25, 0.3) is 0 Å². The van der Waals surface area contributed by atoms with Gasteiger partial charge in [0.15, 0.2) is 0 Å². The Balaban J connectivity index is 1.77. The summed E-state index contributed by atoms with van der Waals surface area (Å²) in [7, 11) is 1.59. The van der Waals surface area contributed by atoms with Crippen molar-refractivity contribution < 1.29 is 14.3 Å². The predicted molar refractivity (Wildman–Crippen MR) is 123 cm³/mol. The number of anilines is 2. The third-order valence-electron chi connectivity index (χ3n) is 5.78. The zero-order valence-electron chi connectivity index (χ0n) is 18.0. The fraction of sp³-hybridized carbons (Fsp3) is 0.231. The zero-order valence-corrected chi connectivity index (χ0v) is 18.0. The molecule has 0 fully saturated rings. The van der Waals surface area contributed by atoms with Crippen LogP contribution in [0, 0.1) is 0 Å². The maximum absolute atomic E-state index is 13.5. The zero-order chi connectivity index (χ0) is 22.0. The first-order valence-corrected chi connectivity index (χ1v) is 10.4. The number of benzene rings is 3. The summed E-state index contributed by atoms with van der Waals surface area (Å²) in [5, 5.41) is 0. The van der Waals surface area contributed by atoms with Crippen molar-refractivity contribution >= 4 is 23.2 Å². The number of carbonyl (C=O) groups excluding carboxylic acids is 2. The first-order valence-electron chi connectivity index (χ1n) is 10.4. The summed E-state index contributed by atoms with van der Waals surface area (Å²) in [6, 6.07) is 24.5. The van der Waals surface area contributed by atoms with Crippen LogP contribution in [-0.4, -0.2) is 25.0 Å². The first-order chi connectivity index (χ1) is 15.0. The van der Waals surface area contributed by atoms with Gasteiger partial charge in [0, 0.05) is 29.9 Å². The fourth-order valence-electron chi connectivity index (χ4n) is 4.40. The van der Waals surface area contributed by atoms with Gasteiger partial charge >= 0.3 is 0 Å². The van der Waals surface area contributed by atoms with Gasteiger partial charge in [-0.15, -0.1) is 0 Å². The van der Waals surface area contributed by atoms with Gasteiger partial charge in [0.25, 0.3) is 5.91 Å². The van der Waals surface area contributed by atoms with E-state index in [1.807, 2.05) is 83.5 Å². The van der Waals surface area contributed by atoms with Gasteiger partial charge in [0.05, 0.1) is 13.2 Å². The number of carbonyl (C=O) groups is 2. The smallest absolute Gasteiger partial charge is 0.258 e. The molecule has 2 atom stereocenters. The third-order valence-corrected chi connectivity index (χ3v) is 5.78. The van der Waals surface area contributed by atoms with E-state index in [0.29, 0.717) is 17.7 Å². The molecule has 1 aliphatic rings. The Morgan fingerprint density at radius 2 is 1.68 bits per heavy atom. The van der Waals surface area contributed by atoms with Crippen molar-refractivity contribution in [1.29, 1.82) is 0 Å². The number of methoxy groups -OCH3 is 1. The van der Waals surface area contributed by atoms with Crippen LogP contribution >= 0.6 is 0 Å². The number of hydrogen-bond donors (Lipinski definition) is 0. The molecule has 0 radical (unpaired) electrons. The molecule has 0 saturated heterocycles. The van der Waals surface area contributed by atoms with Gasteiger partial charge in [0.1, 0.15) is 5.75 Å². The van der Waals surface area contributed by atoms with Crippen LogP contribution < -0.4 is 14.5 Å². The molecule has 1 heterocycles. The number of amides is 2. The van der Waals surface area contributed by atoms with Crippen molar-refractivity contribution in [3.63, 3.8) is 0 Å². The third kappa shape index (κ3) is 3.91. The van der Waals surface area contributed by atoms with Crippen molar-refractivity contribution in [2.24, 2.45) is 0 Å². The second-order valence-corrected chi connectivity index (χ2v) is 7.79. The van der Waals surface area contributed by atoms with Gasteiger partial charge in [-0.1, -0.05) is 42.5 Å². The molecule has 0 unspecified atom stereocenters. The van der Waals surface area contributed by atoms with Gasteiger partial charge < -0.3 is 14.5 Å². The highest BCUT2D eigenvalue weighted by molar-refractivity contribution is 6.07. The molecule has 31 heavy (non-hydrogen) atoms. The fourth-order valence-corrected chi connectivity index (χ4v) is 4.40. The summed E-state index contributed by atoms with van der Waals surface area (Å²) in [6.07, 6.45) is 0.640. The molecule has 0 aliphatic carbocycles. The SMILES string of the molecule is COc1cccc(C(=O)N2c3ccccc3[C@@H](N(C(C)=O)c3ccccc3)C[C@@H]2C)c1. The lowest BCUT2D eigenvalue weighted by atomic mass is 9.89. The summed E-state index contributed by atoms with van der Waals surface area (Å²) >= 11 is 0. The minimum absolute atomic E-state index is 0.0224. The Morgan fingerprint density at radius 3 is 2.39 bits per heavy atom. The van der Waals surface area contributed by atoms with Crippen LogP contribution in [0.3, 0.4) is 0 Å². The van der Waals surface area contributed by atoms with Gasteiger partial charge in [-0.2, -0.15) is 0 Å². The molecular formula is C26H26N2O3. The average Bonchev–Trinajstić information content (AvgIpc) is 2.79. The van der Waals surface area contributed by atoms with Crippen molar-refractivity contribution in [1.82, 2.24) is 0 Å². The Morgan fingerprint density at radius 1 is 0.968 bits per heavy atom. The van der Waals surface area contributed by atoms with E-state index in [2.05, 4.69) is 0 Å². The minimum atomic E-state index is -0.152. The number of hydrogen-bond acceptors (Lipinski definition) is 3. The number of rotatable bonds is 4. The molecule has 3 aromatic rings. The lowest BCUT2D eigenvalue weighted by molar-refractivity contribution is -0.117. The van der Waals surface area contributed by atoms with Crippen molar-refractivity contribution in [3.05, 3.63) is 90.0 Å². The van der Waals surface area contributed by atoms with E-state index in [1.54, 1.807) is 26.2 Å². The molecular weight excluding hydrogens is 388 g/mol. The van der Waals surface area contributed by atoms with Gasteiger partial charge in [0.2, 0.25) is 5.91 Å². The number of nitrogens with zero attached hydrogens (tertiary/aromatic N) is 2. The number of para-hydroxylation sites is 2.